The molecule has 0 fully saturated rings. The first-order chi connectivity index (χ1) is 10.2. The monoisotopic (exact) mass is 316 g/mol. The lowest BCUT2D eigenvalue weighted by Gasteiger charge is -2.07. The highest BCUT2D eigenvalue weighted by atomic mass is 32.2. The van der Waals surface area contributed by atoms with Crippen molar-refractivity contribution in [1.82, 2.24) is 0 Å². The molecule has 0 unspecified atom stereocenters. The molecule has 0 radical (unpaired) electrons. The molecule has 1 N–H and O–H groups in total. The van der Waals surface area contributed by atoms with E-state index in [1.807, 2.05) is 48.5 Å². The van der Waals surface area contributed by atoms with Crippen LogP contribution in [0.15, 0.2) is 81.4 Å². The summed E-state index contributed by atoms with van der Waals surface area (Å²) in [5, 5.41) is 8.98. The molecule has 21 heavy (non-hydrogen) atoms. The number of rotatable bonds is 7. The molecule has 0 saturated carbocycles. The van der Waals surface area contributed by atoms with Gasteiger partial charge in [-0.15, -0.1) is 11.8 Å². The number of carboxylic acids is 1. The topological polar surface area (TPSA) is 37.3 Å². The molecule has 0 amide bonds. The highest BCUT2D eigenvalue weighted by Crippen LogP contribution is 2.30. The van der Waals surface area contributed by atoms with Crippen molar-refractivity contribution in [1.29, 1.82) is 0 Å². The molecule has 2 aromatic rings. The van der Waals surface area contributed by atoms with Gasteiger partial charge in [-0.2, -0.15) is 0 Å². The molecule has 0 saturated heterocycles. The molecule has 0 aliphatic rings. The van der Waals surface area contributed by atoms with Crippen LogP contribution in [0.3, 0.4) is 0 Å². The fourth-order valence-electron chi connectivity index (χ4n) is 1.72. The number of carbonyl (C=O) groups is 1. The van der Waals surface area contributed by atoms with Gasteiger partial charge in [0.15, 0.2) is 0 Å². The van der Waals surface area contributed by atoms with Crippen LogP contribution in [0.2, 0.25) is 0 Å². The smallest absolute Gasteiger partial charge is 0.329 e. The van der Waals surface area contributed by atoms with Crippen molar-refractivity contribution in [3.8, 4) is 0 Å². The van der Waals surface area contributed by atoms with Gasteiger partial charge >= 0.3 is 5.97 Å². The number of hydrogen-bond acceptors (Lipinski definition) is 3. The highest BCUT2D eigenvalue weighted by molar-refractivity contribution is 8.03. The normalized spacial score (nSPS) is 11.3. The Morgan fingerprint density at radius 1 is 0.952 bits per heavy atom. The predicted molar refractivity (Wildman–Crippen MR) is 89.8 cm³/mol. The standard InChI is InChI=1S/C17H16O2S2/c18-17(19)13-16(21-15-9-5-2-6-10-15)11-12-20-14-7-3-1-4-8-14/h1-10,13H,11-12H2,(H,18,19)/b16-13-. The van der Waals surface area contributed by atoms with E-state index >= 15 is 0 Å². The van der Waals surface area contributed by atoms with Gasteiger partial charge in [0.2, 0.25) is 0 Å². The van der Waals surface area contributed by atoms with Gasteiger partial charge in [-0.3, -0.25) is 0 Å². The average molecular weight is 316 g/mol. The van der Waals surface area contributed by atoms with E-state index in [9.17, 15) is 4.79 Å². The Labute approximate surface area is 133 Å². The van der Waals surface area contributed by atoms with Gasteiger partial charge in [0.05, 0.1) is 0 Å². The number of aliphatic carboxylic acids is 1. The first-order valence-electron chi connectivity index (χ1n) is 6.58. The quantitative estimate of drug-likeness (QED) is 0.580. The largest absolute Gasteiger partial charge is 0.478 e. The summed E-state index contributed by atoms with van der Waals surface area (Å²) in [5.74, 6) is -0.0266. The van der Waals surface area contributed by atoms with Gasteiger partial charge in [0.1, 0.15) is 0 Å². The lowest BCUT2D eigenvalue weighted by Crippen LogP contribution is -1.92. The maximum absolute atomic E-state index is 10.9. The van der Waals surface area contributed by atoms with Crippen LogP contribution < -0.4 is 0 Å². The fourth-order valence-corrected chi connectivity index (χ4v) is 3.71. The van der Waals surface area contributed by atoms with Gasteiger partial charge < -0.3 is 5.11 Å². The van der Waals surface area contributed by atoms with Gasteiger partial charge in [-0.1, -0.05) is 48.2 Å². The van der Waals surface area contributed by atoms with Gasteiger partial charge in [-0.25, -0.2) is 4.79 Å². The van der Waals surface area contributed by atoms with E-state index < -0.39 is 5.97 Å². The molecular formula is C17H16O2S2. The number of carboxylic acid groups (broad SMARTS) is 1. The molecule has 0 spiro atoms. The first kappa shape index (κ1) is 15.7. The molecule has 2 aromatic carbocycles. The molecule has 0 aliphatic heterocycles. The lowest BCUT2D eigenvalue weighted by molar-refractivity contribution is -0.131. The molecule has 0 aliphatic carbocycles. The molecule has 0 aromatic heterocycles. The highest BCUT2D eigenvalue weighted by Gasteiger charge is 2.04. The fraction of sp³-hybridized carbons (Fsp3) is 0.118. The number of allylic oxidation sites excluding steroid dienone is 1. The van der Waals surface area contributed by atoms with Crippen LogP contribution in [0.25, 0.3) is 0 Å². The Bertz CT molecular complexity index is 595. The van der Waals surface area contributed by atoms with Crippen LogP contribution in [-0.4, -0.2) is 16.8 Å². The van der Waals surface area contributed by atoms with Crippen molar-refractivity contribution in [2.75, 3.05) is 5.75 Å². The number of benzene rings is 2. The number of hydrogen-bond donors (Lipinski definition) is 1. The summed E-state index contributed by atoms with van der Waals surface area (Å²) in [4.78, 5) is 14.1. The van der Waals surface area contributed by atoms with Crippen LogP contribution in [0.4, 0.5) is 0 Å². The Kier molecular flexibility index (Phi) is 6.44. The Hall–Kier alpha value is -1.65. The van der Waals surface area contributed by atoms with Crippen LogP contribution in [-0.2, 0) is 4.79 Å². The van der Waals surface area contributed by atoms with Gasteiger partial charge in [0.25, 0.3) is 0 Å². The van der Waals surface area contributed by atoms with Crippen molar-refractivity contribution in [2.45, 2.75) is 16.2 Å². The van der Waals surface area contributed by atoms with Crippen LogP contribution >= 0.6 is 23.5 Å². The van der Waals surface area contributed by atoms with Crippen molar-refractivity contribution < 1.29 is 9.90 Å². The minimum absolute atomic E-state index is 0.741. The van der Waals surface area contributed by atoms with Crippen LogP contribution in [0.5, 0.6) is 0 Å². The van der Waals surface area contributed by atoms with E-state index in [4.69, 9.17) is 5.11 Å². The van der Waals surface area contributed by atoms with Crippen molar-refractivity contribution in [3.63, 3.8) is 0 Å². The second-order valence-electron chi connectivity index (χ2n) is 4.28. The zero-order valence-electron chi connectivity index (χ0n) is 11.4. The molecule has 2 nitrogen and oxygen atoms in total. The summed E-state index contributed by atoms with van der Waals surface area (Å²) in [5.41, 5.74) is 0. The molecule has 4 heteroatoms. The van der Waals surface area contributed by atoms with E-state index in [0.29, 0.717) is 0 Å². The molecule has 108 valence electrons. The third-order valence-corrected chi connectivity index (χ3v) is 4.74. The van der Waals surface area contributed by atoms with Crippen LogP contribution in [0, 0.1) is 0 Å². The second kappa shape index (κ2) is 8.60. The van der Waals surface area contributed by atoms with Crippen molar-refractivity contribution in [2.24, 2.45) is 0 Å². The molecular weight excluding hydrogens is 300 g/mol. The summed E-state index contributed by atoms with van der Waals surface area (Å²) in [6.45, 7) is 0. The third-order valence-electron chi connectivity index (χ3n) is 2.64. The van der Waals surface area contributed by atoms with Crippen molar-refractivity contribution >= 4 is 29.5 Å². The van der Waals surface area contributed by atoms with E-state index in [0.717, 1.165) is 22.0 Å². The molecule has 0 atom stereocenters. The van der Waals surface area contributed by atoms with E-state index in [-0.39, 0.29) is 0 Å². The maximum Gasteiger partial charge on any atom is 0.329 e. The SMILES string of the molecule is O=C(O)/C=C(/CCSc1ccccc1)Sc1ccccc1. The first-order valence-corrected chi connectivity index (χ1v) is 8.38. The second-order valence-corrected chi connectivity index (χ2v) is 6.64. The van der Waals surface area contributed by atoms with Gasteiger partial charge in [0, 0.05) is 21.6 Å². The Morgan fingerprint density at radius 2 is 1.52 bits per heavy atom. The summed E-state index contributed by atoms with van der Waals surface area (Å²) in [7, 11) is 0. The van der Waals surface area contributed by atoms with Crippen LogP contribution in [0.1, 0.15) is 6.42 Å². The van der Waals surface area contributed by atoms with E-state index in [1.165, 1.54) is 22.7 Å². The molecule has 2 rings (SSSR count). The van der Waals surface area contributed by atoms with E-state index in [2.05, 4.69) is 12.1 Å². The van der Waals surface area contributed by atoms with Crippen molar-refractivity contribution in [3.05, 3.63) is 71.6 Å². The minimum Gasteiger partial charge on any atom is -0.478 e. The summed E-state index contributed by atoms with van der Waals surface area (Å²) >= 11 is 3.26. The molecule has 0 heterocycles. The summed E-state index contributed by atoms with van der Waals surface area (Å²) in [6, 6.07) is 20.0. The Morgan fingerprint density at radius 3 is 2.10 bits per heavy atom. The lowest BCUT2D eigenvalue weighted by atomic mass is 10.4. The summed E-state index contributed by atoms with van der Waals surface area (Å²) in [6.07, 6.45) is 2.05. The zero-order chi connectivity index (χ0) is 14.9. The Balaban J connectivity index is 1.93. The average Bonchev–Trinajstić information content (AvgIpc) is 2.49. The predicted octanol–water partition coefficient (Wildman–Crippen LogP) is 4.93. The zero-order valence-corrected chi connectivity index (χ0v) is 13.1. The minimum atomic E-state index is -0.891. The summed E-state index contributed by atoms with van der Waals surface area (Å²) < 4.78 is 0. The molecule has 0 bridgehead atoms. The van der Waals surface area contributed by atoms with E-state index in [1.54, 1.807) is 11.8 Å². The third kappa shape index (κ3) is 6.10. The maximum atomic E-state index is 10.9. The van der Waals surface area contributed by atoms with Gasteiger partial charge in [-0.05, 0) is 35.6 Å². The number of thioether (sulfide) groups is 2.